The number of nitrogens with zero attached hydrogens (tertiary/aromatic N) is 5. The highest BCUT2D eigenvalue weighted by Gasteiger charge is 2.45. The average Bonchev–Trinajstić information content (AvgIpc) is 3.72. The Kier molecular flexibility index (Phi) is 5.78. The van der Waals surface area contributed by atoms with Crippen molar-refractivity contribution in [2.45, 2.75) is 31.2 Å². The number of aromatic amines is 1. The summed E-state index contributed by atoms with van der Waals surface area (Å²) >= 11 is 0. The lowest BCUT2D eigenvalue weighted by Crippen LogP contribution is -2.43. The van der Waals surface area contributed by atoms with Crippen molar-refractivity contribution in [3.63, 3.8) is 0 Å². The number of rotatable bonds is 6. The molecule has 0 amide bonds. The Labute approximate surface area is 239 Å². The molecule has 3 aromatic heterocycles. The molecule has 2 aliphatic rings. The zero-order valence-corrected chi connectivity index (χ0v) is 22.7. The third-order valence-corrected chi connectivity index (χ3v) is 8.73. The first-order valence-corrected chi connectivity index (χ1v) is 14.2. The lowest BCUT2D eigenvalue weighted by Gasteiger charge is -2.31. The number of benzene rings is 3. The molecule has 42 heavy (non-hydrogen) atoms. The quantitative estimate of drug-likeness (QED) is 0.217. The Morgan fingerprint density at radius 2 is 1.74 bits per heavy atom. The van der Waals surface area contributed by atoms with Crippen LogP contribution < -0.4 is 10.1 Å². The van der Waals surface area contributed by atoms with Gasteiger partial charge in [0.25, 0.3) is 0 Å². The van der Waals surface area contributed by atoms with Gasteiger partial charge in [-0.05, 0) is 74.5 Å². The minimum absolute atomic E-state index is 0.00724. The Morgan fingerprint density at radius 1 is 0.905 bits per heavy atom. The second-order valence-corrected chi connectivity index (χ2v) is 11.2. The molecular weight excluding hydrogens is 536 g/mol. The maximum Gasteiger partial charge on any atom is 0.319 e. The van der Waals surface area contributed by atoms with E-state index < -0.39 is 11.8 Å². The Balaban J connectivity index is 1.25. The molecular formula is C32H27F2N7O. The third-order valence-electron chi connectivity index (χ3n) is 8.73. The van der Waals surface area contributed by atoms with Crippen LogP contribution in [0.15, 0.2) is 66.9 Å². The summed E-state index contributed by atoms with van der Waals surface area (Å²) in [7, 11) is 0. The highest BCUT2D eigenvalue weighted by atomic mass is 19.1. The monoisotopic (exact) mass is 563 g/mol. The highest BCUT2D eigenvalue weighted by Crippen LogP contribution is 2.40. The average molecular weight is 564 g/mol. The van der Waals surface area contributed by atoms with Crippen molar-refractivity contribution in [3.05, 3.63) is 78.6 Å². The smallest absolute Gasteiger partial charge is 0.319 e. The molecule has 2 N–H and O–H groups in total. The van der Waals surface area contributed by atoms with Crippen molar-refractivity contribution in [2.24, 2.45) is 0 Å². The molecule has 6 aromatic rings. The van der Waals surface area contributed by atoms with Crippen LogP contribution in [0.5, 0.6) is 6.01 Å². The molecule has 3 aromatic carbocycles. The standard InChI is InChI=1S/C32H27F2N7O/c33-23-8-2-6-19-5-1-7-22(27(19)23)25-16-26-28(29(34)37-25)30(36-21-10-9-20-17-35-40-24(20)15-21)39-31(38-26)42-18-32-11-3-13-41(32)14-4-12-32/h1-2,5-10,15-17H,3-4,11-14,18H2,(H,35,40)(H,36,38,39). The van der Waals surface area contributed by atoms with Crippen LogP contribution in [-0.2, 0) is 0 Å². The molecule has 0 spiro atoms. The maximum atomic E-state index is 15.9. The number of ether oxygens (including phenoxy) is 1. The summed E-state index contributed by atoms with van der Waals surface area (Å²) in [5, 5.41) is 12.4. The second-order valence-electron chi connectivity index (χ2n) is 11.2. The molecule has 0 unspecified atom stereocenters. The van der Waals surface area contributed by atoms with Crippen LogP contribution in [0, 0.1) is 11.8 Å². The van der Waals surface area contributed by atoms with Crippen LogP contribution in [0.2, 0.25) is 0 Å². The highest BCUT2D eigenvalue weighted by molar-refractivity contribution is 5.99. The fraction of sp³-hybridized carbons (Fsp3) is 0.250. The van der Waals surface area contributed by atoms with Gasteiger partial charge in [0.15, 0.2) is 0 Å². The summed E-state index contributed by atoms with van der Waals surface area (Å²) in [5.41, 5.74) is 2.59. The number of aromatic nitrogens is 5. The van der Waals surface area contributed by atoms with Crippen molar-refractivity contribution in [2.75, 3.05) is 25.0 Å². The first kappa shape index (κ1) is 25.0. The Morgan fingerprint density at radius 3 is 2.60 bits per heavy atom. The number of pyridine rings is 1. The summed E-state index contributed by atoms with van der Waals surface area (Å²) in [4.78, 5) is 16.1. The van der Waals surface area contributed by atoms with Gasteiger partial charge in [0.05, 0.1) is 33.8 Å². The van der Waals surface area contributed by atoms with Crippen molar-refractivity contribution in [1.29, 1.82) is 0 Å². The van der Waals surface area contributed by atoms with Crippen LogP contribution in [0.1, 0.15) is 25.7 Å². The van der Waals surface area contributed by atoms with Gasteiger partial charge >= 0.3 is 6.01 Å². The third kappa shape index (κ3) is 4.13. The molecule has 0 bridgehead atoms. The molecule has 0 saturated carbocycles. The molecule has 0 radical (unpaired) electrons. The molecule has 2 fully saturated rings. The van der Waals surface area contributed by atoms with E-state index in [0.29, 0.717) is 34.1 Å². The van der Waals surface area contributed by atoms with E-state index in [2.05, 4.69) is 35.4 Å². The lowest BCUT2D eigenvalue weighted by atomic mass is 9.95. The summed E-state index contributed by atoms with van der Waals surface area (Å²) in [5.74, 6) is -0.920. The van der Waals surface area contributed by atoms with Crippen molar-refractivity contribution < 1.29 is 13.5 Å². The SMILES string of the molecule is Fc1cccc2cccc(-c3cc4nc(OCC56CCCN5CCC6)nc(Nc5ccc6cn[nH]c6c5)c4c(F)n3)c12. The van der Waals surface area contributed by atoms with Crippen molar-refractivity contribution in [1.82, 2.24) is 30.0 Å². The molecule has 10 heteroatoms. The van der Waals surface area contributed by atoms with E-state index in [4.69, 9.17) is 4.74 Å². The summed E-state index contributed by atoms with van der Waals surface area (Å²) in [6, 6.07) is 17.7. The van der Waals surface area contributed by atoms with Gasteiger partial charge in [-0.15, -0.1) is 0 Å². The largest absolute Gasteiger partial charge is 0.461 e. The number of halogens is 2. The summed E-state index contributed by atoms with van der Waals surface area (Å²) in [6.45, 7) is 2.62. The molecule has 210 valence electrons. The zero-order valence-electron chi connectivity index (χ0n) is 22.7. The van der Waals surface area contributed by atoms with Crippen molar-refractivity contribution in [3.8, 4) is 17.3 Å². The fourth-order valence-electron chi connectivity index (χ4n) is 6.70. The number of nitrogens with one attached hydrogen (secondary N) is 2. The molecule has 5 heterocycles. The Bertz CT molecular complexity index is 1980. The summed E-state index contributed by atoms with van der Waals surface area (Å²) in [6.07, 6.45) is 6.18. The topological polar surface area (TPSA) is 91.9 Å². The molecule has 8 rings (SSSR count). The normalized spacial score (nSPS) is 16.4. The van der Waals surface area contributed by atoms with Gasteiger partial charge in [-0.1, -0.05) is 30.3 Å². The van der Waals surface area contributed by atoms with E-state index in [1.807, 2.05) is 36.4 Å². The van der Waals surface area contributed by atoms with E-state index in [1.54, 1.807) is 24.4 Å². The molecule has 0 atom stereocenters. The maximum absolute atomic E-state index is 15.9. The van der Waals surface area contributed by atoms with Gasteiger partial charge in [0, 0.05) is 22.0 Å². The first-order chi connectivity index (χ1) is 20.6. The molecule has 8 nitrogen and oxygen atoms in total. The van der Waals surface area contributed by atoms with E-state index in [0.717, 1.165) is 49.7 Å². The lowest BCUT2D eigenvalue weighted by molar-refractivity contribution is 0.108. The molecule has 2 aliphatic heterocycles. The predicted molar refractivity (Wildman–Crippen MR) is 158 cm³/mol. The van der Waals surface area contributed by atoms with E-state index >= 15 is 4.39 Å². The number of fused-ring (bicyclic) bond motifs is 4. The second kappa shape index (κ2) is 9.70. The number of anilines is 2. The molecule has 0 aliphatic carbocycles. The number of hydrogen-bond acceptors (Lipinski definition) is 7. The fourth-order valence-corrected chi connectivity index (χ4v) is 6.70. The van der Waals surface area contributed by atoms with Gasteiger partial charge in [-0.3, -0.25) is 10.00 Å². The van der Waals surface area contributed by atoms with Crippen molar-refractivity contribution >= 4 is 44.1 Å². The summed E-state index contributed by atoms with van der Waals surface area (Å²) < 4.78 is 37.2. The van der Waals surface area contributed by atoms with Gasteiger partial charge < -0.3 is 10.1 Å². The van der Waals surface area contributed by atoms with Gasteiger partial charge in [-0.25, -0.2) is 9.37 Å². The minimum atomic E-state index is -0.760. The van der Waals surface area contributed by atoms with Crippen LogP contribution >= 0.6 is 0 Å². The van der Waals surface area contributed by atoms with E-state index in [9.17, 15) is 4.39 Å². The van der Waals surface area contributed by atoms with Crippen LogP contribution in [0.4, 0.5) is 20.3 Å². The minimum Gasteiger partial charge on any atom is -0.461 e. The van der Waals surface area contributed by atoms with Crippen LogP contribution in [-0.4, -0.2) is 55.3 Å². The number of H-pyrrole nitrogens is 1. The van der Waals surface area contributed by atoms with Gasteiger partial charge in [0.1, 0.15) is 18.2 Å². The first-order valence-electron chi connectivity index (χ1n) is 14.2. The van der Waals surface area contributed by atoms with Crippen LogP contribution in [0.25, 0.3) is 43.8 Å². The van der Waals surface area contributed by atoms with Crippen LogP contribution in [0.3, 0.4) is 0 Å². The van der Waals surface area contributed by atoms with Gasteiger partial charge in [0.2, 0.25) is 5.95 Å². The van der Waals surface area contributed by atoms with E-state index in [1.165, 1.54) is 6.07 Å². The van der Waals surface area contributed by atoms with Gasteiger partial charge in [-0.2, -0.15) is 19.5 Å². The predicted octanol–water partition coefficient (Wildman–Crippen LogP) is 6.75. The Hall–Kier alpha value is -4.70. The zero-order chi connectivity index (χ0) is 28.3. The number of hydrogen-bond donors (Lipinski definition) is 2. The van der Waals surface area contributed by atoms with E-state index in [-0.39, 0.29) is 28.4 Å². The molecule has 2 saturated heterocycles.